The number of rotatable bonds is 8. The Balaban J connectivity index is 2.11. The average Bonchev–Trinajstić information content (AvgIpc) is 2.84. The molecule has 0 heterocycles. The number of carbonyl (C=O) groups excluding carboxylic acids is 3. The number of ether oxygens (including phenoxy) is 1. The molecule has 3 aromatic rings. The highest BCUT2D eigenvalue weighted by Gasteiger charge is 2.32. The van der Waals surface area contributed by atoms with E-state index in [-0.39, 0.29) is 33.8 Å². The van der Waals surface area contributed by atoms with Crippen molar-refractivity contribution in [3.63, 3.8) is 0 Å². The summed E-state index contributed by atoms with van der Waals surface area (Å²) < 4.78 is 62.1. The first-order valence-corrected chi connectivity index (χ1v) is 15.2. The molecule has 3 rings (SSSR count). The summed E-state index contributed by atoms with van der Waals surface area (Å²) in [4.78, 5) is 36.3. The summed E-state index contributed by atoms with van der Waals surface area (Å²) in [6.07, 6.45) is 0. The molecule has 0 spiro atoms. The first-order valence-electron chi connectivity index (χ1n) is 12.3. The number of hydrogen-bond acceptors (Lipinski definition) is 8. The molecule has 2 N–H and O–H groups in total. The van der Waals surface area contributed by atoms with E-state index in [9.17, 15) is 31.2 Å². The summed E-state index contributed by atoms with van der Waals surface area (Å²) in [5.41, 5.74) is -0.0426. The lowest BCUT2D eigenvalue weighted by molar-refractivity contribution is -0.132. The Morgan fingerprint density at radius 2 is 1.39 bits per heavy atom. The van der Waals surface area contributed by atoms with Gasteiger partial charge >= 0.3 is 16.2 Å². The normalized spacial score (nSPS) is 12.2. The van der Waals surface area contributed by atoms with E-state index < -0.39 is 42.4 Å². The zero-order valence-corrected chi connectivity index (χ0v) is 25.3. The van der Waals surface area contributed by atoms with Crippen LogP contribution in [-0.4, -0.2) is 53.0 Å². The van der Waals surface area contributed by atoms with Crippen molar-refractivity contribution < 1.29 is 36.0 Å². The van der Waals surface area contributed by atoms with E-state index in [0.717, 1.165) is 24.2 Å². The third kappa shape index (κ3) is 6.84. The van der Waals surface area contributed by atoms with E-state index in [1.165, 1.54) is 62.6 Å². The van der Waals surface area contributed by atoms with Gasteiger partial charge in [-0.15, -0.1) is 0 Å². The van der Waals surface area contributed by atoms with Crippen LogP contribution in [0.1, 0.15) is 34.6 Å². The van der Waals surface area contributed by atoms with Crippen molar-refractivity contribution in [3.05, 3.63) is 54.6 Å². The van der Waals surface area contributed by atoms with Gasteiger partial charge in [0.05, 0.1) is 5.69 Å². The maximum Gasteiger partial charge on any atom is 0.310 e. The van der Waals surface area contributed by atoms with Gasteiger partial charge in [-0.05, 0) is 36.4 Å². The van der Waals surface area contributed by atoms with Crippen LogP contribution in [0.4, 0.5) is 17.1 Å². The van der Waals surface area contributed by atoms with Gasteiger partial charge in [-0.2, -0.15) is 17.0 Å². The third-order valence-corrected chi connectivity index (χ3v) is 9.00. The minimum absolute atomic E-state index is 0.0538. The van der Waals surface area contributed by atoms with Gasteiger partial charge in [-0.25, -0.2) is 8.42 Å². The number of nitrogens with one attached hydrogen (secondary N) is 2. The Morgan fingerprint density at radius 3 is 1.90 bits per heavy atom. The molecule has 2 amide bonds. The first kappa shape index (κ1) is 31.5. The predicted molar refractivity (Wildman–Crippen MR) is 156 cm³/mol. The number of carbonyl (C=O) groups is 3. The van der Waals surface area contributed by atoms with E-state index in [1.54, 1.807) is 20.8 Å². The summed E-state index contributed by atoms with van der Waals surface area (Å²) in [5, 5.41) is 2.99. The first-order chi connectivity index (χ1) is 18.9. The Bertz CT molecular complexity index is 1730. The lowest BCUT2D eigenvalue weighted by atomic mass is 9.95. The largest absolute Gasteiger partial charge is 0.425 e. The number of benzene rings is 3. The number of esters is 1. The maximum absolute atomic E-state index is 13.5. The van der Waals surface area contributed by atoms with Crippen LogP contribution in [0.2, 0.25) is 0 Å². The second-order valence-electron chi connectivity index (χ2n) is 10.3. The highest BCUT2D eigenvalue weighted by molar-refractivity contribution is 7.93. The number of nitrogens with zero attached hydrogens (tertiary/aromatic N) is 2. The molecule has 0 bridgehead atoms. The van der Waals surface area contributed by atoms with Gasteiger partial charge in [0.25, 0.3) is 10.0 Å². The van der Waals surface area contributed by atoms with Crippen molar-refractivity contribution in [2.24, 2.45) is 5.41 Å². The highest BCUT2D eigenvalue weighted by Crippen LogP contribution is 2.39. The summed E-state index contributed by atoms with van der Waals surface area (Å²) in [6.45, 7) is 7.45. The third-order valence-electron chi connectivity index (χ3n) is 5.76. The highest BCUT2D eigenvalue weighted by atomic mass is 32.2. The lowest BCUT2D eigenvalue weighted by Crippen LogP contribution is -2.43. The number of sulfonamides is 1. The molecule has 0 aliphatic heterocycles. The van der Waals surface area contributed by atoms with Crippen LogP contribution in [-0.2, 0) is 34.6 Å². The monoisotopic (exact) mass is 604 g/mol. The van der Waals surface area contributed by atoms with Crippen LogP contribution in [0.5, 0.6) is 5.75 Å². The number of fused-ring (bicyclic) bond motifs is 1. The Hall–Kier alpha value is -4.01. The predicted octanol–water partition coefficient (Wildman–Crippen LogP) is 3.71. The minimum atomic E-state index is -4.35. The number of amides is 2. The molecule has 0 atom stereocenters. The van der Waals surface area contributed by atoms with E-state index in [2.05, 4.69) is 10.0 Å². The lowest BCUT2D eigenvalue weighted by Gasteiger charge is -2.26. The SMILES string of the molecule is CC(=O)Oc1c(S(=O)(=O)Nc2ccc(NC(=O)C(C)(C)C)cc2)ccc2c(N(C(C)=O)S(=O)(=O)N(C)C)cccc12. The molecule has 0 fully saturated rings. The molecule has 12 nitrogen and oxygen atoms in total. The second kappa shape index (κ2) is 11.5. The van der Waals surface area contributed by atoms with Crippen LogP contribution in [0.25, 0.3) is 10.8 Å². The number of hydrogen-bond donors (Lipinski definition) is 2. The molecule has 0 aliphatic rings. The zero-order chi connectivity index (χ0) is 30.9. The molecule has 0 unspecified atom stereocenters. The van der Waals surface area contributed by atoms with Crippen LogP contribution in [0.15, 0.2) is 59.5 Å². The molecule has 0 saturated carbocycles. The fourth-order valence-corrected chi connectivity index (χ4v) is 5.96. The van der Waals surface area contributed by atoms with Gasteiger partial charge in [0.2, 0.25) is 11.8 Å². The molecule has 0 aromatic heterocycles. The van der Waals surface area contributed by atoms with E-state index in [1.807, 2.05) is 0 Å². The topological polar surface area (TPSA) is 159 Å². The molecule has 14 heteroatoms. The number of anilines is 3. The average molecular weight is 605 g/mol. The maximum atomic E-state index is 13.5. The summed E-state index contributed by atoms with van der Waals surface area (Å²) in [7, 11) is -6.09. The van der Waals surface area contributed by atoms with Gasteiger partial charge < -0.3 is 10.1 Å². The van der Waals surface area contributed by atoms with E-state index >= 15 is 0 Å². The van der Waals surface area contributed by atoms with Gasteiger partial charge in [-0.1, -0.05) is 39.0 Å². The molecule has 0 saturated heterocycles. The molecular formula is C27H32N4O8S2. The van der Waals surface area contributed by atoms with Crippen molar-refractivity contribution >= 4 is 65.9 Å². The Morgan fingerprint density at radius 1 is 0.805 bits per heavy atom. The van der Waals surface area contributed by atoms with Gasteiger partial charge in [0.15, 0.2) is 5.75 Å². The Kier molecular flexibility index (Phi) is 8.81. The quantitative estimate of drug-likeness (QED) is 0.291. The molecular weight excluding hydrogens is 572 g/mol. The van der Waals surface area contributed by atoms with Crippen LogP contribution in [0.3, 0.4) is 0 Å². The molecule has 0 aliphatic carbocycles. The molecule has 220 valence electrons. The summed E-state index contributed by atoms with van der Waals surface area (Å²) in [6, 6.07) is 12.7. The van der Waals surface area contributed by atoms with Crippen LogP contribution >= 0.6 is 0 Å². The van der Waals surface area contributed by atoms with Gasteiger partial charge in [-0.3, -0.25) is 19.1 Å². The molecule has 41 heavy (non-hydrogen) atoms. The zero-order valence-electron chi connectivity index (χ0n) is 23.7. The fourth-order valence-electron chi connectivity index (χ4n) is 3.70. The van der Waals surface area contributed by atoms with E-state index in [0.29, 0.717) is 9.99 Å². The Labute approximate surface area is 239 Å². The second-order valence-corrected chi connectivity index (χ2v) is 14.0. The van der Waals surface area contributed by atoms with Crippen molar-refractivity contribution in [1.29, 1.82) is 0 Å². The van der Waals surface area contributed by atoms with Crippen LogP contribution in [0, 0.1) is 5.41 Å². The summed E-state index contributed by atoms with van der Waals surface area (Å²) in [5.74, 6) is -2.18. The fraction of sp³-hybridized carbons (Fsp3) is 0.296. The van der Waals surface area contributed by atoms with Gasteiger partial charge in [0, 0.05) is 55.5 Å². The van der Waals surface area contributed by atoms with E-state index in [4.69, 9.17) is 4.74 Å². The van der Waals surface area contributed by atoms with Crippen LogP contribution < -0.4 is 19.1 Å². The van der Waals surface area contributed by atoms with Crippen molar-refractivity contribution in [2.45, 2.75) is 39.5 Å². The summed E-state index contributed by atoms with van der Waals surface area (Å²) >= 11 is 0. The standard InChI is InChI=1S/C27H32N4O8S2/c1-17(32)31(41(37,38)30(6)7)23-10-8-9-22-21(23)15-16-24(25(22)39-18(2)33)40(35,36)29-20-13-11-19(12-14-20)28-26(34)27(3,4)5/h8-16,29H,1-7H3,(H,28,34). The van der Waals surface area contributed by atoms with Crippen molar-refractivity contribution in [2.75, 3.05) is 28.4 Å². The van der Waals surface area contributed by atoms with Crippen molar-refractivity contribution in [1.82, 2.24) is 4.31 Å². The molecule has 0 radical (unpaired) electrons. The van der Waals surface area contributed by atoms with Crippen molar-refractivity contribution in [3.8, 4) is 5.75 Å². The smallest absolute Gasteiger partial charge is 0.310 e. The minimum Gasteiger partial charge on any atom is -0.425 e. The van der Waals surface area contributed by atoms with Gasteiger partial charge in [0.1, 0.15) is 4.90 Å². The molecule has 3 aromatic carbocycles.